The number of hydrogen-bond acceptors (Lipinski definition) is 1. The van der Waals surface area contributed by atoms with E-state index >= 15 is 0 Å². The van der Waals surface area contributed by atoms with E-state index in [0.717, 1.165) is 24.9 Å². The lowest BCUT2D eigenvalue weighted by Gasteiger charge is -2.07. The van der Waals surface area contributed by atoms with Gasteiger partial charge in [-0.25, -0.2) is 0 Å². The molecule has 204 valence electrons. The molecule has 0 unspecified atom stereocenters. The molecule has 0 bridgehead atoms. The van der Waals surface area contributed by atoms with Crippen LogP contribution in [-0.2, 0) is 12.8 Å². The Morgan fingerprint density at radius 1 is 0.825 bits per heavy atom. The molecule has 0 spiro atoms. The van der Waals surface area contributed by atoms with Gasteiger partial charge in [-0.2, -0.15) is 0 Å². The molecule has 40 heavy (non-hydrogen) atoms. The molecule has 0 amide bonds. The number of allylic oxidation sites excluding steroid dienone is 8. The summed E-state index contributed by atoms with van der Waals surface area (Å²) >= 11 is 0. The molecule has 4 aromatic carbocycles. The fraction of sp³-hybridized carbons (Fsp3) is 0.179. The fourth-order valence-corrected chi connectivity index (χ4v) is 4.44. The Morgan fingerprint density at radius 2 is 1.52 bits per heavy atom. The van der Waals surface area contributed by atoms with Gasteiger partial charge in [0.25, 0.3) is 0 Å². The van der Waals surface area contributed by atoms with Crippen LogP contribution in [0, 0.1) is 6.92 Å². The molecule has 0 aliphatic heterocycles. The van der Waals surface area contributed by atoms with E-state index in [1.54, 1.807) is 6.08 Å². The molecular weight excluding hydrogens is 482 g/mol. The lowest BCUT2D eigenvalue weighted by atomic mass is 9.98. The maximum Gasteiger partial charge on any atom is 0.0320 e. The number of aryl methyl sites for hydroxylation is 2. The Kier molecular flexibility index (Phi) is 12.0. The van der Waals surface area contributed by atoms with E-state index in [4.69, 9.17) is 5.73 Å². The standard InChI is InChI=1S/C25H27N.C14H16/c1-18(19(2)9-12-22-7-5-4-6-20(22)3)8-10-21-11-13-24-17-25(26)15-14-23(24)16-21;1-3-5-9-13(4-2)12-14-10-7-6-8-11-14/h4-8,10-11,13-17H,9,12,26H2,1-3H3;3-11H,1,12H2,2H3/b10-8+,19-18+;9-5-,13-4+. The van der Waals surface area contributed by atoms with Crippen molar-refractivity contribution in [3.05, 3.63) is 167 Å². The highest BCUT2D eigenvalue weighted by molar-refractivity contribution is 5.87. The monoisotopic (exact) mass is 525 g/mol. The van der Waals surface area contributed by atoms with E-state index in [2.05, 4.69) is 131 Å². The van der Waals surface area contributed by atoms with Crippen LogP contribution in [0.5, 0.6) is 0 Å². The minimum atomic E-state index is 0.809. The van der Waals surface area contributed by atoms with Crippen LogP contribution in [0.4, 0.5) is 5.69 Å². The summed E-state index contributed by atoms with van der Waals surface area (Å²) in [5, 5.41) is 2.41. The summed E-state index contributed by atoms with van der Waals surface area (Å²) in [7, 11) is 0. The zero-order valence-electron chi connectivity index (χ0n) is 24.5. The molecule has 0 heterocycles. The van der Waals surface area contributed by atoms with Gasteiger partial charge in [0.15, 0.2) is 0 Å². The van der Waals surface area contributed by atoms with Crippen molar-refractivity contribution in [2.75, 3.05) is 5.73 Å². The first-order valence-electron chi connectivity index (χ1n) is 14.1. The second-order valence-electron chi connectivity index (χ2n) is 10.2. The van der Waals surface area contributed by atoms with Crippen LogP contribution in [0.2, 0.25) is 0 Å². The highest BCUT2D eigenvalue weighted by atomic mass is 14.5. The zero-order chi connectivity index (χ0) is 28.7. The average Bonchev–Trinajstić information content (AvgIpc) is 2.98. The summed E-state index contributed by atoms with van der Waals surface area (Å²) < 4.78 is 0. The van der Waals surface area contributed by atoms with Crippen molar-refractivity contribution in [3.63, 3.8) is 0 Å². The van der Waals surface area contributed by atoms with E-state index in [0.29, 0.717) is 0 Å². The van der Waals surface area contributed by atoms with Crippen molar-refractivity contribution in [1.82, 2.24) is 0 Å². The van der Waals surface area contributed by atoms with Gasteiger partial charge in [0.05, 0.1) is 0 Å². The summed E-state index contributed by atoms with van der Waals surface area (Å²) in [4.78, 5) is 0. The minimum Gasteiger partial charge on any atom is -0.399 e. The van der Waals surface area contributed by atoms with Gasteiger partial charge in [0.2, 0.25) is 0 Å². The normalized spacial score (nSPS) is 12.3. The molecule has 0 saturated heterocycles. The van der Waals surface area contributed by atoms with E-state index in [-0.39, 0.29) is 0 Å². The van der Waals surface area contributed by atoms with Crippen molar-refractivity contribution in [2.24, 2.45) is 0 Å². The molecule has 0 aliphatic carbocycles. The number of benzene rings is 4. The molecule has 4 aromatic rings. The van der Waals surface area contributed by atoms with Crippen LogP contribution < -0.4 is 5.73 Å². The second kappa shape index (κ2) is 15.9. The molecule has 0 fully saturated rings. The summed E-state index contributed by atoms with van der Waals surface area (Å²) in [5.74, 6) is 0. The molecule has 4 rings (SSSR count). The quantitative estimate of drug-likeness (QED) is 0.171. The maximum atomic E-state index is 5.85. The number of nitrogens with two attached hydrogens (primary N) is 1. The first kappa shape index (κ1) is 30.2. The van der Waals surface area contributed by atoms with Gasteiger partial charge >= 0.3 is 0 Å². The Balaban J connectivity index is 0.000000267. The van der Waals surface area contributed by atoms with Crippen LogP contribution >= 0.6 is 0 Å². The largest absolute Gasteiger partial charge is 0.399 e. The van der Waals surface area contributed by atoms with Gasteiger partial charge in [-0.1, -0.05) is 127 Å². The van der Waals surface area contributed by atoms with Crippen molar-refractivity contribution in [3.8, 4) is 0 Å². The fourth-order valence-electron chi connectivity index (χ4n) is 4.44. The van der Waals surface area contributed by atoms with Gasteiger partial charge in [0.1, 0.15) is 0 Å². The number of fused-ring (bicyclic) bond motifs is 1. The van der Waals surface area contributed by atoms with E-state index in [9.17, 15) is 0 Å². The topological polar surface area (TPSA) is 26.0 Å². The van der Waals surface area contributed by atoms with Crippen molar-refractivity contribution in [2.45, 2.75) is 47.0 Å². The van der Waals surface area contributed by atoms with E-state index in [1.807, 2.05) is 24.3 Å². The average molecular weight is 526 g/mol. The molecule has 0 aromatic heterocycles. The summed E-state index contributed by atoms with van der Waals surface area (Å²) in [6.45, 7) is 12.3. The zero-order valence-corrected chi connectivity index (χ0v) is 24.5. The first-order chi connectivity index (χ1) is 19.4. The predicted octanol–water partition coefficient (Wildman–Crippen LogP) is 10.6. The van der Waals surface area contributed by atoms with Crippen LogP contribution in [0.25, 0.3) is 16.8 Å². The van der Waals surface area contributed by atoms with E-state index < -0.39 is 0 Å². The molecular formula is C39H43N. The second-order valence-corrected chi connectivity index (χ2v) is 10.2. The third-order valence-corrected chi connectivity index (χ3v) is 7.19. The minimum absolute atomic E-state index is 0.809. The molecule has 0 atom stereocenters. The number of hydrogen-bond donors (Lipinski definition) is 1. The lowest BCUT2D eigenvalue weighted by molar-refractivity contribution is 0.921. The summed E-state index contributed by atoms with van der Waals surface area (Å²) in [6.07, 6.45) is 15.6. The van der Waals surface area contributed by atoms with Crippen LogP contribution in [0.3, 0.4) is 0 Å². The number of nitrogen functional groups attached to an aromatic ring is 1. The number of rotatable bonds is 9. The van der Waals surface area contributed by atoms with Crippen LogP contribution in [0.15, 0.2) is 145 Å². The highest BCUT2D eigenvalue weighted by Gasteiger charge is 2.00. The molecule has 0 saturated carbocycles. The molecule has 2 N–H and O–H groups in total. The molecule has 1 heteroatoms. The van der Waals surface area contributed by atoms with Crippen LogP contribution in [0.1, 0.15) is 49.4 Å². The summed E-state index contributed by atoms with van der Waals surface area (Å²) in [6, 6.07) is 31.7. The van der Waals surface area contributed by atoms with Crippen molar-refractivity contribution < 1.29 is 0 Å². The Morgan fingerprint density at radius 3 is 2.25 bits per heavy atom. The number of anilines is 1. The van der Waals surface area contributed by atoms with Crippen LogP contribution in [-0.4, -0.2) is 0 Å². The van der Waals surface area contributed by atoms with Gasteiger partial charge in [-0.3, -0.25) is 0 Å². The molecule has 0 aliphatic rings. The Hall–Kier alpha value is -4.36. The van der Waals surface area contributed by atoms with E-state index in [1.165, 1.54) is 49.7 Å². The SMILES string of the molecule is C=C/C=C\C(=C/C)Cc1ccccc1.CC(/C=C/c1ccc2cc(N)ccc2c1)=C(/C)CCc1ccccc1C. The third kappa shape index (κ3) is 9.75. The van der Waals surface area contributed by atoms with Crippen molar-refractivity contribution in [1.29, 1.82) is 0 Å². The third-order valence-electron chi connectivity index (χ3n) is 7.19. The smallest absolute Gasteiger partial charge is 0.0320 e. The molecule has 0 radical (unpaired) electrons. The Bertz CT molecular complexity index is 1510. The van der Waals surface area contributed by atoms with Gasteiger partial charge < -0.3 is 5.73 Å². The van der Waals surface area contributed by atoms with Gasteiger partial charge in [-0.05, 0) is 104 Å². The summed E-state index contributed by atoms with van der Waals surface area (Å²) in [5.41, 5.74) is 16.1. The first-order valence-corrected chi connectivity index (χ1v) is 14.1. The lowest BCUT2D eigenvalue weighted by Crippen LogP contribution is -1.91. The maximum absolute atomic E-state index is 5.85. The predicted molar refractivity (Wildman–Crippen MR) is 179 cm³/mol. The van der Waals surface area contributed by atoms with Gasteiger partial charge in [0, 0.05) is 5.69 Å². The molecule has 1 nitrogen and oxygen atoms in total. The van der Waals surface area contributed by atoms with Gasteiger partial charge in [-0.15, -0.1) is 0 Å². The van der Waals surface area contributed by atoms with Crippen molar-refractivity contribution >= 4 is 22.5 Å². The highest BCUT2D eigenvalue weighted by Crippen LogP contribution is 2.21. The Labute approximate surface area is 241 Å².